The molecule has 3 aromatic carbocycles. The molecule has 0 aromatic heterocycles. The van der Waals surface area contributed by atoms with Crippen molar-refractivity contribution in [3.8, 4) is 5.75 Å². The number of amides is 3. The van der Waals surface area contributed by atoms with E-state index in [1.165, 1.54) is 0 Å². The zero-order valence-electron chi connectivity index (χ0n) is 23.1. The number of carbonyl (C=O) groups is 2. The van der Waals surface area contributed by atoms with Gasteiger partial charge in [0.1, 0.15) is 18.4 Å². The predicted octanol–water partition coefficient (Wildman–Crippen LogP) is 2.40. The fourth-order valence-electron chi connectivity index (χ4n) is 4.61. The number of aliphatic hydroxyl groups excluding tert-OH is 1. The number of nitrogens with zero attached hydrogens (tertiary/aromatic N) is 2. The van der Waals surface area contributed by atoms with Gasteiger partial charge in [-0.1, -0.05) is 60.7 Å². The van der Waals surface area contributed by atoms with Crippen LogP contribution in [0, 0.1) is 0 Å². The van der Waals surface area contributed by atoms with E-state index in [1.54, 1.807) is 4.90 Å². The Bertz CT molecular complexity index is 1220. The van der Waals surface area contributed by atoms with Crippen molar-refractivity contribution in [1.29, 1.82) is 0 Å². The van der Waals surface area contributed by atoms with Gasteiger partial charge in [-0.25, -0.2) is 4.79 Å². The van der Waals surface area contributed by atoms with E-state index >= 15 is 0 Å². The Morgan fingerprint density at radius 2 is 1.75 bits per heavy atom. The van der Waals surface area contributed by atoms with E-state index in [0.717, 1.165) is 22.6 Å². The first-order valence-electron chi connectivity index (χ1n) is 13.6. The lowest BCUT2D eigenvalue weighted by atomic mass is 10.0. The number of aliphatic hydroxyl groups is 1. The molecule has 0 bridgehead atoms. The second-order valence-electron chi connectivity index (χ2n) is 10.2. The molecule has 0 radical (unpaired) electrons. The summed E-state index contributed by atoms with van der Waals surface area (Å²) in [5.74, 6) is 0.409. The van der Waals surface area contributed by atoms with Gasteiger partial charge in [0, 0.05) is 32.9 Å². The van der Waals surface area contributed by atoms with Crippen LogP contribution in [-0.2, 0) is 17.8 Å². The standard InChI is InChI=1S/C31H39N5O4/c1-35(2)25-13-9-12-24(18-25)20-32-21-29(37)27(19-23-10-5-3-6-11-23)33-30(38)28-22-36(31(39)34-28)16-17-40-26-14-7-4-8-15-26/h3-15,18,27-29,32,37H,16-17,19-22H2,1-2H3,(H,33,38)(H,34,39)/t27-,28+,29+/m0/s1. The van der Waals surface area contributed by atoms with Gasteiger partial charge in [-0.05, 0) is 41.8 Å². The van der Waals surface area contributed by atoms with Crippen LogP contribution in [0.5, 0.6) is 5.75 Å². The first-order valence-corrected chi connectivity index (χ1v) is 13.6. The third kappa shape index (κ3) is 8.46. The monoisotopic (exact) mass is 545 g/mol. The largest absolute Gasteiger partial charge is 0.492 e. The summed E-state index contributed by atoms with van der Waals surface area (Å²) in [6, 6.07) is 25.8. The minimum absolute atomic E-state index is 0.234. The smallest absolute Gasteiger partial charge is 0.318 e. The maximum Gasteiger partial charge on any atom is 0.318 e. The molecule has 9 heteroatoms. The van der Waals surface area contributed by atoms with Crippen molar-refractivity contribution >= 4 is 17.6 Å². The van der Waals surface area contributed by atoms with Gasteiger partial charge in [-0.2, -0.15) is 0 Å². The summed E-state index contributed by atoms with van der Waals surface area (Å²) >= 11 is 0. The van der Waals surface area contributed by atoms with Crippen LogP contribution < -0.4 is 25.6 Å². The average molecular weight is 546 g/mol. The van der Waals surface area contributed by atoms with Gasteiger partial charge < -0.3 is 35.6 Å². The van der Waals surface area contributed by atoms with E-state index in [9.17, 15) is 14.7 Å². The number of para-hydroxylation sites is 1. The number of carbonyl (C=O) groups excluding carboxylic acids is 2. The number of hydrogen-bond donors (Lipinski definition) is 4. The minimum Gasteiger partial charge on any atom is -0.492 e. The summed E-state index contributed by atoms with van der Waals surface area (Å²) < 4.78 is 5.70. The van der Waals surface area contributed by atoms with E-state index in [2.05, 4.69) is 22.0 Å². The van der Waals surface area contributed by atoms with Crippen molar-refractivity contribution in [2.24, 2.45) is 0 Å². The summed E-state index contributed by atoms with van der Waals surface area (Å²) in [4.78, 5) is 29.3. The molecule has 1 saturated heterocycles. The highest BCUT2D eigenvalue weighted by Gasteiger charge is 2.35. The molecule has 3 atom stereocenters. The van der Waals surface area contributed by atoms with Gasteiger partial charge in [0.15, 0.2) is 0 Å². The van der Waals surface area contributed by atoms with Crippen LogP contribution in [0.4, 0.5) is 10.5 Å². The maximum atomic E-state index is 13.2. The van der Waals surface area contributed by atoms with Crippen molar-refractivity contribution in [2.75, 3.05) is 45.2 Å². The lowest BCUT2D eigenvalue weighted by Crippen LogP contribution is -2.53. The van der Waals surface area contributed by atoms with E-state index in [-0.39, 0.29) is 18.5 Å². The first-order chi connectivity index (χ1) is 19.4. The van der Waals surface area contributed by atoms with Crippen molar-refractivity contribution in [3.05, 3.63) is 96.1 Å². The Labute approximate surface area is 236 Å². The summed E-state index contributed by atoms with van der Waals surface area (Å²) in [6.45, 7) is 1.80. The number of nitrogens with one attached hydrogen (secondary N) is 3. The van der Waals surface area contributed by atoms with E-state index < -0.39 is 18.2 Å². The van der Waals surface area contributed by atoms with Gasteiger partial charge in [0.05, 0.1) is 25.2 Å². The fourth-order valence-corrected chi connectivity index (χ4v) is 4.61. The highest BCUT2D eigenvalue weighted by atomic mass is 16.5. The summed E-state index contributed by atoms with van der Waals surface area (Å²) in [5, 5.41) is 20.2. The van der Waals surface area contributed by atoms with Crippen LogP contribution in [0.15, 0.2) is 84.9 Å². The van der Waals surface area contributed by atoms with Crippen LogP contribution in [0.1, 0.15) is 11.1 Å². The second-order valence-corrected chi connectivity index (χ2v) is 10.2. The molecule has 1 aliphatic heterocycles. The van der Waals surface area contributed by atoms with Crippen molar-refractivity contribution in [3.63, 3.8) is 0 Å². The highest BCUT2D eigenvalue weighted by molar-refractivity contribution is 5.90. The van der Waals surface area contributed by atoms with E-state index in [0.29, 0.717) is 32.7 Å². The number of rotatable bonds is 14. The number of hydrogen-bond acceptors (Lipinski definition) is 6. The molecule has 0 unspecified atom stereocenters. The van der Waals surface area contributed by atoms with Crippen LogP contribution in [0.25, 0.3) is 0 Å². The van der Waals surface area contributed by atoms with Gasteiger partial charge in [0.25, 0.3) is 0 Å². The Balaban J connectivity index is 1.31. The third-order valence-electron chi connectivity index (χ3n) is 6.88. The normalized spacial score (nSPS) is 16.2. The Kier molecular flexibility index (Phi) is 10.4. The topological polar surface area (TPSA) is 106 Å². The molecule has 0 aliphatic carbocycles. The molecule has 0 spiro atoms. The highest BCUT2D eigenvalue weighted by Crippen LogP contribution is 2.14. The molecule has 4 N–H and O–H groups in total. The molecular weight excluding hydrogens is 506 g/mol. The summed E-state index contributed by atoms with van der Waals surface area (Å²) in [5.41, 5.74) is 3.21. The lowest BCUT2D eigenvalue weighted by Gasteiger charge is -2.26. The van der Waals surface area contributed by atoms with Crippen LogP contribution in [-0.4, -0.2) is 80.5 Å². The van der Waals surface area contributed by atoms with Crippen molar-refractivity contribution in [2.45, 2.75) is 31.2 Å². The average Bonchev–Trinajstić information content (AvgIpc) is 3.34. The Morgan fingerprint density at radius 3 is 2.48 bits per heavy atom. The summed E-state index contributed by atoms with van der Waals surface area (Å²) in [7, 11) is 4.00. The molecule has 0 saturated carbocycles. The number of anilines is 1. The molecule has 3 aromatic rings. The van der Waals surface area contributed by atoms with Crippen LogP contribution in [0.2, 0.25) is 0 Å². The molecule has 4 rings (SSSR count). The molecule has 40 heavy (non-hydrogen) atoms. The Morgan fingerprint density at radius 1 is 1.05 bits per heavy atom. The van der Waals surface area contributed by atoms with Crippen LogP contribution >= 0.6 is 0 Å². The molecule has 212 valence electrons. The molecule has 9 nitrogen and oxygen atoms in total. The van der Waals surface area contributed by atoms with Gasteiger partial charge in [-0.15, -0.1) is 0 Å². The maximum absolute atomic E-state index is 13.2. The number of urea groups is 1. The second kappa shape index (κ2) is 14.3. The molecule has 3 amide bonds. The molecular formula is C31H39N5O4. The van der Waals surface area contributed by atoms with E-state index in [1.807, 2.05) is 97.9 Å². The predicted molar refractivity (Wildman–Crippen MR) is 156 cm³/mol. The lowest BCUT2D eigenvalue weighted by molar-refractivity contribution is -0.124. The van der Waals surface area contributed by atoms with E-state index in [4.69, 9.17) is 4.74 Å². The first kappa shape index (κ1) is 28.9. The zero-order chi connectivity index (χ0) is 28.3. The van der Waals surface area contributed by atoms with Gasteiger partial charge >= 0.3 is 6.03 Å². The van der Waals surface area contributed by atoms with Gasteiger partial charge in [-0.3, -0.25) is 4.79 Å². The molecule has 1 fully saturated rings. The Hall–Kier alpha value is -4.08. The zero-order valence-corrected chi connectivity index (χ0v) is 23.1. The number of ether oxygens (including phenoxy) is 1. The summed E-state index contributed by atoms with van der Waals surface area (Å²) in [6.07, 6.45) is -0.380. The molecule has 1 aliphatic rings. The van der Waals surface area contributed by atoms with Gasteiger partial charge in [0.2, 0.25) is 5.91 Å². The third-order valence-corrected chi connectivity index (χ3v) is 6.88. The SMILES string of the molecule is CN(C)c1cccc(CNC[C@@H](O)[C@H](Cc2ccccc2)NC(=O)[C@H]2CN(CCOc3ccccc3)C(=O)N2)c1. The number of benzene rings is 3. The molecule has 1 heterocycles. The van der Waals surface area contributed by atoms with Crippen molar-refractivity contribution in [1.82, 2.24) is 20.9 Å². The van der Waals surface area contributed by atoms with Crippen LogP contribution in [0.3, 0.4) is 0 Å². The minimum atomic E-state index is -0.839. The quantitative estimate of drug-likeness (QED) is 0.248. The fraction of sp³-hybridized carbons (Fsp3) is 0.355. The van der Waals surface area contributed by atoms with Crippen molar-refractivity contribution < 1.29 is 19.4 Å².